The number of hydrogen-bond donors (Lipinski definition) is 2. The van der Waals surface area contributed by atoms with Crippen LogP contribution in [0.25, 0.3) is 0 Å². The van der Waals surface area contributed by atoms with E-state index in [4.69, 9.17) is 0 Å². The maximum atomic E-state index is 3.92. The first-order valence-corrected chi connectivity index (χ1v) is 3.87. The summed E-state index contributed by atoms with van der Waals surface area (Å²) in [5.41, 5.74) is 1.26. The van der Waals surface area contributed by atoms with Gasteiger partial charge in [0.25, 0.3) is 0 Å². The fraction of sp³-hybridized carbons (Fsp3) is 0.750. The van der Waals surface area contributed by atoms with E-state index in [2.05, 4.69) is 24.1 Å². The molecule has 1 rings (SSSR count). The van der Waals surface area contributed by atoms with Crippen LogP contribution < -0.4 is 10.6 Å². The third-order valence-electron chi connectivity index (χ3n) is 1.74. The Hall–Kier alpha value is -0.340. The second-order valence-corrected chi connectivity index (χ2v) is 3.12. The van der Waals surface area contributed by atoms with Crippen LogP contribution in [0.15, 0.2) is 12.2 Å². The smallest absolute Gasteiger partial charge is 0.0174 e. The summed E-state index contributed by atoms with van der Waals surface area (Å²) in [6, 6.07) is 0. The van der Waals surface area contributed by atoms with Crippen molar-refractivity contribution in [2.45, 2.75) is 6.92 Å². The highest BCUT2D eigenvalue weighted by Gasteiger charge is 2.04. The molecule has 0 aromatic heterocycles. The number of nitrogens with one attached hydrogen (secondary N) is 2. The molecule has 0 bridgehead atoms. The topological polar surface area (TPSA) is 24.1 Å². The summed E-state index contributed by atoms with van der Waals surface area (Å²) in [7, 11) is 0. The van der Waals surface area contributed by atoms with E-state index in [1.165, 1.54) is 5.57 Å². The van der Waals surface area contributed by atoms with Crippen molar-refractivity contribution in [3.63, 3.8) is 0 Å². The van der Waals surface area contributed by atoms with Gasteiger partial charge in [0.1, 0.15) is 0 Å². The van der Waals surface area contributed by atoms with Gasteiger partial charge in [-0.15, -0.1) is 0 Å². The Morgan fingerprint density at radius 1 is 1.30 bits per heavy atom. The Labute approximate surface area is 62.7 Å². The molecule has 0 unspecified atom stereocenters. The highest BCUT2D eigenvalue weighted by atomic mass is 14.9. The van der Waals surface area contributed by atoms with Crippen LogP contribution in [0.5, 0.6) is 0 Å². The Balaban J connectivity index is 2.27. The molecule has 0 spiro atoms. The minimum Gasteiger partial charge on any atom is -0.313 e. The van der Waals surface area contributed by atoms with Gasteiger partial charge in [0.15, 0.2) is 0 Å². The molecule has 0 aliphatic carbocycles. The van der Waals surface area contributed by atoms with E-state index in [1.54, 1.807) is 0 Å². The average Bonchev–Trinajstić information content (AvgIpc) is 1.84. The molecule has 2 nitrogen and oxygen atoms in total. The Bertz CT molecular complexity index is 108. The predicted molar refractivity (Wildman–Crippen MR) is 44.0 cm³/mol. The third-order valence-corrected chi connectivity index (χ3v) is 1.74. The monoisotopic (exact) mass is 140 g/mol. The van der Waals surface area contributed by atoms with Gasteiger partial charge in [-0.3, -0.25) is 0 Å². The van der Waals surface area contributed by atoms with Crippen molar-refractivity contribution in [3.05, 3.63) is 12.2 Å². The standard InChI is InChI=1S/C8H16N2/c1-7-3-9-5-8(2)6-10-4-7/h8-10H,1,3-6H2,2H3. The Morgan fingerprint density at radius 3 is 2.30 bits per heavy atom. The van der Waals surface area contributed by atoms with Crippen molar-refractivity contribution >= 4 is 0 Å². The van der Waals surface area contributed by atoms with Crippen LogP contribution in [0.2, 0.25) is 0 Å². The molecule has 0 radical (unpaired) electrons. The normalized spacial score (nSPS) is 23.9. The minimum atomic E-state index is 0.744. The molecule has 0 aromatic rings. The predicted octanol–water partition coefficient (Wildman–Crippen LogP) is 0.371. The number of hydrogen-bond acceptors (Lipinski definition) is 2. The van der Waals surface area contributed by atoms with Crippen LogP contribution in [-0.4, -0.2) is 26.2 Å². The van der Waals surface area contributed by atoms with E-state index < -0.39 is 0 Å². The van der Waals surface area contributed by atoms with Crippen molar-refractivity contribution in [2.24, 2.45) is 5.92 Å². The van der Waals surface area contributed by atoms with Gasteiger partial charge in [-0.2, -0.15) is 0 Å². The van der Waals surface area contributed by atoms with Gasteiger partial charge in [0.05, 0.1) is 0 Å². The van der Waals surface area contributed by atoms with Gasteiger partial charge in [0.2, 0.25) is 0 Å². The molecule has 1 saturated heterocycles. The van der Waals surface area contributed by atoms with Gasteiger partial charge in [-0.25, -0.2) is 0 Å². The lowest BCUT2D eigenvalue weighted by Crippen LogP contribution is -2.36. The summed E-state index contributed by atoms with van der Waals surface area (Å²) in [6.07, 6.45) is 0. The molecule has 1 aliphatic heterocycles. The molecule has 1 fully saturated rings. The zero-order valence-electron chi connectivity index (χ0n) is 6.61. The second kappa shape index (κ2) is 3.74. The highest BCUT2D eigenvalue weighted by Crippen LogP contribution is 1.95. The largest absolute Gasteiger partial charge is 0.313 e. The molecule has 0 amide bonds. The molecule has 58 valence electrons. The summed E-state index contributed by atoms with van der Waals surface area (Å²) in [5.74, 6) is 0.744. The van der Waals surface area contributed by atoms with Gasteiger partial charge in [0, 0.05) is 13.1 Å². The Kier molecular flexibility index (Phi) is 2.90. The zero-order valence-corrected chi connectivity index (χ0v) is 6.61. The van der Waals surface area contributed by atoms with E-state index in [0.29, 0.717) is 0 Å². The summed E-state index contributed by atoms with van der Waals surface area (Å²) < 4.78 is 0. The number of rotatable bonds is 0. The molecular weight excluding hydrogens is 124 g/mol. The summed E-state index contributed by atoms with van der Waals surface area (Å²) >= 11 is 0. The fourth-order valence-corrected chi connectivity index (χ4v) is 1.13. The second-order valence-electron chi connectivity index (χ2n) is 3.12. The van der Waals surface area contributed by atoms with Crippen molar-refractivity contribution in [1.29, 1.82) is 0 Å². The van der Waals surface area contributed by atoms with Crippen LogP contribution >= 0.6 is 0 Å². The molecule has 1 aliphatic rings. The first-order valence-electron chi connectivity index (χ1n) is 3.87. The van der Waals surface area contributed by atoms with Gasteiger partial charge >= 0.3 is 0 Å². The summed E-state index contributed by atoms with van der Waals surface area (Å²) in [4.78, 5) is 0. The van der Waals surface area contributed by atoms with Crippen LogP contribution in [-0.2, 0) is 0 Å². The fourth-order valence-electron chi connectivity index (χ4n) is 1.13. The first kappa shape index (κ1) is 7.76. The molecule has 1 heterocycles. The summed E-state index contributed by atoms with van der Waals surface area (Å²) in [5, 5.41) is 6.69. The maximum absolute atomic E-state index is 3.92. The van der Waals surface area contributed by atoms with Crippen LogP contribution in [0.4, 0.5) is 0 Å². The first-order chi connectivity index (χ1) is 4.79. The van der Waals surface area contributed by atoms with Crippen LogP contribution in [0.3, 0.4) is 0 Å². The highest BCUT2D eigenvalue weighted by molar-refractivity contribution is 5.00. The van der Waals surface area contributed by atoms with E-state index in [-0.39, 0.29) is 0 Å². The SMILES string of the molecule is C=C1CNCC(C)CNC1. The van der Waals surface area contributed by atoms with Crippen molar-refractivity contribution in [1.82, 2.24) is 10.6 Å². The molecule has 2 N–H and O–H groups in total. The molecule has 0 aromatic carbocycles. The lowest BCUT2D eigenvalue weighted by molar-refractivity contribution is 0.469. The quantitative estimate of drug-likeness (QED) is 0.475. The van der Waals surface area contributed by atoms with E-state index in [1.807, 2.05) is 0 Å². The molecule has 10 heavy (non-hydrogen) atoms. The minimum absolute atomic E-state index is 0.744. The van der Waals surface area contributed by atoms with E-state index >= 15 is 0 Å². The summed E-state index contributed by atoms with van der Waals surface area (Å²) in [6.45, 7) is 10.3. The Morgan fingerprint density at radius 2 is 1.80 bits per heavy atom. The van der Waals surface area contributed by atoms with Gasteiger partial charge in [-0.1, -0.05) is 13.5 Å². The molecule has 0 atom stereocenters. The van der Waals surface area contributed by atoms with E-state index in [0.717, 1.165) is 32.1 Å². The lowest BCUT2D eigenvalue weighted by atomic mass is 10.1. The zero-order chi connectivity index (χ0) is 7.40. The molecular formula is C8H16N2. The van der Waals surface area contributed by atoms with Gasteiger partial charge < -0.3 is 10.6 Å². The van der Waals surface area contributed by atoms with Crippen molar-refractivity contribution in [3.8, 4) is 0 Å². The maximum Gasteiger partial charge on any atom is 0.0174 e. The van der Waals surface area contributed by atoms with Crippen LogP contribution in [0.1, 0.15) is 6.92 Å². The molecule has 2 heteroatoms. The van der Waals surface area contributed by atoms with E-state index in [9.17, 15) is 0 Å². The van der Waals surface area contributed by atoms with Gasteiger partial charge in [-0.05, 0) is 24.6 Å². The van der Waals surface area contributed by atoms with Crippen molar-refractivity contribution < 1.29 is 0 Å². The lowest BCUT2D eigenvalue weighted by Gasteiger charge is -2.18. The average molecular weight is 140 g/mol. The van der Waals surface area contributed by atoms with Crippen molar-refractivity contribution in [2.75, 3.05) is 26.2 Å². The molecule has 0 saturated carbocycles. The van der Waals surface area contributed by atoms with Crippen LogP contribution in [0, 0.1) is 5.92 Å². The third kappa shape index (κ3) is 2.50.